The Morgan fingerprint density at radius 2 is 2.00 bits per heavy atom. The van der Waals surface area contributed by atoms with Crippen LogP contribution in [0.5, 0.6) is 5.75 Å². The average Bonchev–Trinajstić information content (AvgIpc) is 2.56. The monoisotopic (exact) mass is 300 g/mol. The molecule has 2 rings (SSSR count). The minimum Gasteiger partial charge on any atom is -0.497 e. The summed E-state index contributed by atoms with van der Waals surface area (Å²) in [6.07, 6.45) is 1.41. The summed E-state index contributed by atoms with van der Waals surface area (Å²) >= 11 is 0. The van der Waals surface area contributed by atoms with Crippen molar-refractivity contribution in [2.75, 3.05) is 30.4 Å². The first-order valence-electron chi connectivity index (χ1n) is 7.20. The Morgan fingerprint density at radius 3 is 2.68 bits per heavy atom. The number of anilines is 2. The molecule has 0 spiro atoms. The summed E-state index contributed by atoms with van der Waals surface area (Å²) in [5.74, 6) is 1.16. The third kappa shape index (κ3) is 3.72. The molecule has 0 atom stereocenters. The summed E-state index contributed by atoms with van der Waals surface area (Å²) in [7, 11) is 1.59. The number of methoxy groups -OCH3 is 1. The highest BCUT2D eigenvalue weighted by Crippen LogP contribution is 2.18. The number of amides is 1. The normalized spacial score (nSPS) is 10.1. The van der Waals surface area contributed by atoms with E-state index in [0.717, 1.165) is 18.9 Å². The molecule has 1 heterocycles. The van der Waals surface area contributed by atoms with Crippen molar-refractivity contribution >= 4 is 17.4 Å². The number of nitrogens with one attached hydrogen (secondary N) is 1. The fourth-order valence-corrected chi connectivity index (χ4v) is 2.09. The second-order valence-electron chi connectivity index (χ2n) is 4.62. The van der Waals surface area contributed by atoms with Crippen molar-refractivity contribution in [1.29, 1.82) is 0 Å². The Balaban J connectivity index is 2.17. The molecule has 0 saturated carbocycles. The molecule has 1 aromatic carbocycles. The van der Waals surface area contributed by atoms with Crippen molar-refractivity contribution < 1.29 is 9.53 Å². The van der Waals surface area contributed by atoms with Gasteiger partial charge in [0, 0.05) is 30.9 Å². The van der Waals surface area contributed by atoms with Crippen LogP contribution in [0.1, 0.15) is 24.3 Å². The van der Waals surface area contributed by atoms with Crippen LogP contribution in [0, 0.1) is 0 Å². The van der Waals surface area contributed by atoms with Gasteiger partial charge in [0.25, 0.3) is 5.91 Å². The number of ether oxygens (including phenoxy) is 1. The molecule has 0 aliphatic carbocycles. The topological polar surface area (TPSA) is 67.4 Å². The van der Waals surface area contributed by atoms with E-state index in [0.29, 0.717) is 17.1 Å². The molecule has 1 N–H and O–H groups in total. The van der Waals surface area contributed by atoms with E-state index in [1.165, 1.54) is 6.33 Å². The molecule has 6 nitrogen and oxygen atoms in total. The van der Waals surface area contributed by atoms with E-state index in [-0.39, 0.29) is 5.91 Å². The van der Waals surface area contributed by atoms with Gasteiger partial charge in [0.2, 0.25) is 0 Å². The van der Waals surface area contributed by atoms with Crippen molar-refractivity contribution in [1.82, 2.24) is 9.97 Å². The van der Waals surface area contributed by atoms with Gasteiger partial charge in [0.1, 0.15) is 23.6 Å². The number of aromatic nitrogens is 2. The summed E-state index contributed by atoms with van der Waals surface area (Å²) in [5, 5.41) is 2.81. The van der Waals surface area contributed by atoms with Crippen molar-refractivity contribution in [2.45, 2.75) is 13.8 Å². The van der Waals surface area contributed by atoms with Crippen molar-refractivity contribution in [3.63, 3.8) is 0 Å². The minimum atomic E-state index is -0.274. The number of benzene rings is 1. The summed E-state index contributed by atoms with van der Waals surface area (Å²) < 4.78 is 5.14. The lowest BCUT2D eigenvalue weighted by Gasteiger charge is -2.19. The van der Waals surface area contributed by atoms with Gasteiger partial charge in [0.05, 0.1) is 7.11 Å². The third-order valence-corrected chi connectivity index (χ3v) is 3.30. The van der Waals surface area contributed by atoms with Crippen LogP contribution in [-0.4, -0.2) is 36.1 Å². The molecule has 22 heavy (non-hydrogen) atoms. The summed E-state index contributed by atoms with van der Waals surface area (Å²) in [6.45, 7) is 5.73. The zero-order valence-corrected chi connectivity index (χ0v) is 13.0. The number of hydrogen-bond donors (Lipinski definition) is 1. The fraction of sp³-hybridized carbons (Fsp3) is 0.312. The van der Waals surface area contributed by atoms with E-state index in [1.807, 2.05) is 26.0 Å². The second-order valence-corrected chi connectivity index (χ2v) is 4.62. The van der Waals surface area contributed by atoms with E-state index in [1.54, 1.807) is 25.3 Å². The first-order chi connectivity index (χ1) is 10.7. The summed E-state index contributed by atoms with van der Waals surface area (Å²) in [5.41, 5.74) is 0.993. The third-order valence-electron chi connectivity index (χ3n) is 3.30. The van der Waals surface area contributed by atoms with Gasteiger partial charge in [0.15, 0.2) is 0 Å². The lowest BCUT2D eigenvalue weighted by Crippen LogP contribution is -2.24. The average molecular weight is 300 g/mol. The van der Waals surface area contributed by atoms with E-state index < -0.39 is 0 Å². The highest BCUT2D eigenvalue weighted by atomic mass is 16.5. The molecule has 116 valence electrons. The smallest absolute Gasteiger partial charge is 0.274 e. The van der Waals surface area contributed by atoms with Crippen molar-refractivity contribution in [3.8, 4) is 5.75 Å². The predicted molar refractivity (Wildman–Crippen MR) is 86.5 cm³/mol. The van der Waals surface area contributed by atoms with Gasteiger partial charge in [-0.2, -0.15) is 0 Å². The summed E-state index contributed by atoms with van der Waals surface area (Å²) in [6, 6.07) is 8.88. The SMILES string of the molecule is CCN(CC)c1cc(C(=O)Nc2cccc(OC)c2)ncn1. The van der Waals surface area contributed by atoms with Gasteiger partial charge in [-0.25, -0.2) is 9.97 Å². The molecular weight excluding hydrogens is 280 g/mol. The highest BCUT2D eigenvalue weighted by molar-refractivity contribution is 6.03. The van der Waals surface area contributed by atoms with Gasteiger partial charge >= 0.3 is 0 Å². The Hall–Kier alpha value is -2.63. The maximum atomic E-state index is 12.3. The molecule has 0 aliphatic rings. The lowest BCUT2D eigenvalue weighted by molar-refractivity contribution is 0.102. The molecule has 0 radical (unpaired) electrons. The first kappa shape index (κ1) is 15.8. The lowest BCUT2D eigenvalue weighted by atomic mass is 10.2. The number of carbonyl (C=O) groups excluding carboxylic acids is 1. The van der Waals surface area contributed by atoms with Crippen LogP contribution in [0.15, 0.2) is 36.7 Å². The summed E-state index contributed by atoms with van der Waals surface area (Å²) in [4.78, 5) is 22.6. The van der Waals surface area contributed by atoms with E-state index in [2.05, 4.69) is 20.2 Å². The van der Waals surface area contributed by atoms with Crippen LogP contribution in [0.25, 0.3) is 0 Å². The van der Waals surface area contributed by atoms with Gasteiger partial charge in [-0.15, -0.1) is 0 Å². The molecule has 0 unspecified atom stereocenters. The number of carbonyl (C=O) groups is 1. The minimum absolute atomic E-state index is 0.274. The zero-order chi connectivity index (χ0) is 15.9. The Morgan fingerprint density at radius 1 is 1.23 bits per heavy atom. The zero-order valence-electron chi connectivity index (χ0n) is 13.0. The first-order valence-corrected chi connectivity index (χ1v) is 7.20. The van der Waals surface area contributed by atoms with E-state index >= 15 is 0 Å². The van der Waals surface area contributed by atoms with Crippen LogP contribution >= 0.6 is 0 Å². The largest absolute Gasteiger partial charge is 0.497 e. The van der Waals surface area contributed by atoms with Crippen molar-refractivity contribution in [2.24, 2.45) is 0 Å². The van der Waals surface area contributed by atoms with Gasteiger partial charge in [-0.3, -0.25) is 4.79 Å². The quantitative estimate of drug-likeness (QED) is 0.888. The van der Waals surface area contributed by atoms with Gasteiger partial charge in [-0.05, 0) is 26.0 Å². The Kier molecular flexibility index (Phi) is 5.30. The molecule has 0 fully saturated rings. The van der Waals surface area contributed by atoms with Crippen LogP contribution in [0.3, 0.4) is 0 Å². The van der Waals surface area contributed by atoms with E-state index in [9.17, 15) is 4.79 Å². The van der Waals surface area contributed by atoms with Crippen LogP contribution in [0.2, 0.25) is 0 Å². The van der Waals surface area contributed by atoms with Gasteiger partial charge < -0.3 is 15.0 Å². The standard InChI is InChI=1S/C16H20N4O2/c1-4-20(5-2)15-10-14(17-11-18-15)16(21)19-12-7-6-8-13(9-12)22-3/h6-11H,4-5H2,1-3H3,(H,19,21). The maximum absolute atomic E-state index is 12.3. The molecule has 2 aromatic rings. The number of rotatable bonds is 6. The van der Waals surface area contributed by atoms with Crippen LogP contribution in [-0.2, 0) is 0 Å². The van der Waals surface area contributed by atoms with E-state index in [4.69, 9.17) is 4.74 Å². The number of hydrogen-bond acceptors (Lipinski definition) is 5. The number of nitrogens with zero attached hydrogens (tertiary/aromatic N) is 3. The molecular formula is C16H20N4O2. The molecule has 1 amide bonds. The Labute approximate surface area is 130 Å². The fourth-order valence-electron chi connectivity index (χ4n) is 2.09. The molecule has 0 aliphatic heterocycles. The molecule has 0 saturated heterocycles. The highest BCUT2D eigenvalue weighted by Gasteiger charge is 2.12. The van der Waals surface area contributed by atoms with Crippen LogP contribution < -0.4 is 15.0 Å². The van der Waals surface area contributed by atoms with Crippen molar-refractivity contribution in [3.05, 3.63) is 42.4 Å². The predicted octanol–water partition coefficient (Wildman–Crippen LogP) is 2.58. The van der Waals surface area contributed by atoms with Crippen LogP contribution in [0.4, 0.5) is 11.5 Å². The molecule has 1 aromatic heterocycles. The van der Waals surface area contributed by atoms with Gasteiger partial charge in [-0.1, -0.05) is 6.07 Å². The second kappa shape index (κ2) is 7.40. The molecule has 6 heteroatoms. The molecule has 0 bridgehead atoms. The maximum Gasteiger partial charge on any atom is 0.274 e. The Bertz CT molecular complexity index is 642.